The third kappa shape index (κ3) is 3.51. The van der Waals surface area contributed by atoms with Gasteiger partial charge in [0.05, 0.1) is 6.04 Å². The highest BCUT2D eigenvalue weighted by Crippen LogP contribution is 2.23. The van der Waals surface area contributed by atoms with Crippen molar-refractivity contribution >= 4 is 17.3 Å². The summed E-state index contributed by atoms with van der Waals surface area (Å²) in [4.78, 5) is 14.4. The second kappa shape index (κ2) is 6.75. The van der Waals surface area contributed by atoms with Crippen molar-refractivity contribution < 1.29 is 4.79 Å². The molecule has 1 amide bonds. The van der Waals surface area contributed by atoms with Gasteiger partial charge in [0.1, 0.15) is 0 Å². The van der Waals surface area contributed by atoms with E-state index in [0.29, 0.717) is 0 Å². The van der Waals surface area contributed by atoms with Gasteiger partial charge >= 0.3 is 0 Å². The normalized spacial score (nSPS) is 17.9. The van der Waals surface area contributed by atoms with E-state index in [1.165, 1.54) is 18.5 Å². The first-order valence-corrected chi connectivity index (χ1v) is 7.53. The monoisotopic (exact) mass is 275 g/mol. The molecule has 3 N–H and O–H groups in total. The number of nitrogens with one attached hydrogen (secondary N) is 1. The highest BCUT2D eigenvalue weighted by molar-refractivity contribution is 5.95. The fourth-order valence-electron chi connectivity index (χ4n) is 2.49. The molecule has 1 saturated heterocycles. The van der Waals surface area contributed by atoms with Crippen LogP contribution in [0.5, 0.6) is 0 Å². The van der Waals surface area contributed by atoms with Crippen molar-refractivity contribution in [2.45, 2.75) is 39.2 Å². The van der Waals surface area contributed by atoms with Gasteiger partial charge in [0, 0.05) is 24.5 Å². The predicted molar refractivity (Wildman–Crippen MR) is 83.9 cm³/mol. The van der Waals surface area contributed by atoms with Crippen LogP contribution in [-0.2, 0) is 4.79 Å². The molecule has 2 rings (SSSR count). The van der Waals surface area contributed by atoms with Crippen LogP contribution in [0.1, 0.15) is 33.1 Å². The second-order valence-electron chi connectivity index (χ2n) is 5.65. The van der Waals surface area contributed by atoms with E-state index >= 15 is 0 Å². The molecule has 1 aromatic rings. The number of nitrogens with zero attached hydrogens (tertiary/aromatic N) is 1. The van der Waals surface area contributed by atoms with E-state index in [9.17, 15) is 4.79 Å². The molecule has 0 radical (unpaired) electrons. The van der Waals surface area contributed by atoms with E-state index in [2.05, 4.69) is 16.3 Å². The van der Waals surface area contributed by atoms with Gasteiger partial charge in [-0.25, -0.2) is 0 Å². The summed E-state index contributed by atoms with van der Waals surface area (Å²) in [5.41, 5.74) is 7.97. The SMILES string of the molecule is CC[C@H](C)[C@H](N)C(=O)Nc1cccc(N2CCCC2)c1. The number of carbonyl (C=O) groups is 1. The smallest absolute Gasteiger partial charge is 0.241 e. The van der Waals surface area contributed by atoms with E-state index < -0.39 is 6.04 Å². The van der Waals surface area contributed by atoms with Gasteiger partial charge in [-0.3, -0.25) is 4.79 Å². The van der Waals surface area contributed by atoms with Crippen LogP contribution in [0.15, 0.2) is 24.3 Å². The summed E-state index contributed by atoms with van der Waals surface area (Å²) in [7, 11) is 0. The summed E-state index contributed by atoms with van der Waals surface area (Å²) < 4.78 is 0. The van der Waals surface area contributed by atoms with Gasteiger partial charge in [0.2, 0.25) is 5.91 Å². The van der Waals surface area contributed by atoms with Crippen LogP contribution < -0.4 is 16.0 Å². The van der Waals surface area contributed by atoms with Gasteiger partial charge in [0.15, 0.2) is 0 Å². The van der Waals surface area contributed by atoms with E-state index in [0.717, 1.165) is 25.2 Å². The number of amides is 1. The fraction of sp³-hybridized carbons (Fsp3) is 0.562. The third-order valence-electron chi connectivity index (χ3n) is 4.14. The lowest BCUT2D eigenvalue weighted by atomic mass is 9.99. The lowest BCUT2D eigenvalue weighted by molar-refractivity contribution is -0.118. The standard InChI is InChI=1S/C16H25N3O/c1-3-12(2)15(17)16(20)18-13-7-6-8-14(11-13)19-9-4-5-10-19/h6-8,11-12,15H,3-5,9-10,17H2,1-2H3,(H,18,20)/t12-,15-/m0/s1. The minimum absolute atomic E-state index is 0.0991. The highest BCUT2D eigenvalue weighted by Gasteiger charge is 2.20. The lowest BCUT2D eigenvalue weighted by Gasteiger charge is -2.20. The predicted octanol–water partition coefficient (Wildman–Crippen LogP) is 2.60. The first-order chi connectivity index (χ1) is 9.61. The third-order valence-corrected chi connectivity index (χ3v) is 4.14. The molecule has 0 aromatic heterocycles. The molecule has 4 nitrogen and oxygen atoms in total. The first kappa shape index (κ1) is 14.9. The van der Waals surface area contributed by atoms with Gasteiger partial charge in [-0.2, -0.15) is 0 Å². The molecule has 1 aliphatic heterocycles. The number of hydrogen-bond acceptors (Lipinski definition) is 3. The maximum absolute atomic E-state index is 12.1. The largest absolute Gasteiger partial charge is 0.371 e. The van der Waals surface area contributed by atoms with Crippen LogP contribution in [0.3, 0.4) is 0 Å². The van der Waals surface area contributed by atoms with Crippen molar-refractivity contribution in [3.8, 4) is 0 Å². The zero-order valence-corrected chi connectivity index (χ0v) is 12.4. The zero-order chi connectivity index (χ0) is 14.5. The average Bonchev–Trinajstić information content (AvgIpc) is 3.00. The van der Waals surface area contributed by atoms with Crippen LogP contribution in [0.4, 0.5) is 11.4 Å². The maximum atomic E-state index is 12.1. The van der Waals surface area contributed by atoms with Gasteiger partial charge in [-0.15, -0.1) is 0 Å². The molecule has 1 fully saturated rings. The molecular weight excluding hydrogens is 250 g/mol. The molecular formula is C16H25N3O. The summed E-state index contributed by atoms with van der Waals surface area (Å²) in [6.45, 7) is 6.25. The molecule has 0 spiro atoms. The minimum atomic E-state index is -0.449. The van der Waals surface area contributed by atoms with E-state index in [1.807, 2.05) is 32.0 Å². The Labute approximate surface area is 121 Å². The Hall–Kier alpha value is -1.55. The number of benzene rings is 1. The average molecular weight is 275 g/mol. The Morgan fingerprint density at radius 3 is 2.75 bits per heavy atom. The van der Waals surface area contributed by atoms with Crippen LogP contribution >= 0.6 is 0 Å². The molecule has 0 aliphatic carbocycles. The Bertz CT molecular complexity index is 455. The molecule has 0 unspecified atom stereocenters. The Kier molecular flexibility index (Phi) is 5.01. The summed E-state index contributed by atoms with van der Waals surface area (Å²) in [5.74, 6) is 0.0923. The number of nitrogens with two attached hydrogens (primary N) is 1. The first-order valence-electron chi connectivity index (χ1n) is 7.53. The number of anilines is 2. The Balaban J connectivity index is 2.02. The molecule has 4 heteroatoms. The Morgan fingerprint density at radius 1 is 1.40 bits per heavy atom. The van der Waals surface area contributed by atoms with Crippen LogP contribution in [-0.4, -0.2) is 25.0 Å². The van der Waals surface area contributed by atoms with Gasteiger partial charge < -0.3 is 16.0 Å². The van der Waals surface area contributed by atoms with Crippen molar-refractivity contribution in [3.05, 3.63) is 24.3 Å². The van der Waals surface area contributed by atoms with Crippen LogP contribution in [0.2, 0.25) is 0 Å². The number of hydrogen-bond donors (Lipinski definition) is 2. The van der Waals surface area contributed by atoms with Crippen molar-refractivity contribution in [3.63, 3.8) is 0 Å². The molecule has 20 heavy (non-hydrogen) atoms. The molecule has 0 saturated carbocycles. The van der Waals surface area contributed by atoms with Crippen molar-refractivity contribution in [2.24, 2.45) is 11.7 Å². The van der Waals surface area contributed by atoms with Gasteiger partial charge in [0.25, 0.3) is 0 Å². The van der Waals surface area contributed by atoms with Crippen molar-refractivity contribution in [1.29, 1.82) is 0 Å². The molecule has 0 bridgehead atoms. The minimum Gasteiger partial charge on any atom is -0.371 e. The van der Waals surface area contributed by atoms with Crippen molar-refractivity contribution in [1.82, 2.24) is 0 Å². The summed E-state index contributed by atoms with van der Waals surface area (Å²) in [6.07, 6.45) is 3.40. The Morgan fingerprint density at radius 2 is 2.10 bits per heavy atom. The van der Waals surface area contributed by atoms with E-state index in [4.69, 9.17) is 5.73 Å². The maximum Gasteiger partial charge on any atom is 0.241 e. The van der Waals surface area contributed by atoms with Crippen molar-refractivity contribution in [2.75, 3.05) is 23.3 Å². The zero-order valence-electron chi connectivity index (χ0n) is 12.4. The highest BCUT2D eigenvalue weighted by atomic mass is 16.2. The van der Waals surface area contributed by atoms with Crippen LogP contribution in [0, 0.1) is 5.92 Å². The fourth-order valence-corrected chi connectivity index (χ4v) is 2.49. The van der Waals surface area contributed by atoms with Gasteiger partial charge in [-0.1, -0.05) is 26.3 Å². The van der Waals surface area contributed by atoms with E-state index in [-0.39, 0.29) is 11.8 Å². The summed E-state index contributed by atoms with van der Waals surface area (Å²) >= 11 is 0. The molecule has 1 heterocycles. The second-order valence-corrected chi connectivity index (χ2v) is 5.65. The summed E-state index contributed by atoms with van der Waals surface area (Å²) in [6, 6.07) is 7.58. The number of rotatable bonds is 5. The lowest BCUT2D eigenvalue weighted by Crippen LogP contribution is -2.40. The quantitative estimate of drug-likeness (QED) is 0.868. The molecule has 2 atom stereocenters. The molecule has 110 valence electrons. The van der Waals surface area contributed by atoms with Crippen LogP contribution in [0.25, 0.3) is 0 Å². The van der Waals surface area contributed by atoms with E-state index in [1.54, 1.807) is 0 Å². The summed E-state index contributed by atoms with van der Waals surface area (Å²) in [5, 5.41) is 2.93. The number of carbonyl (C=O) groups excluding carboxylic acids is 1. The molecule has 1 aliphatic rings. The van der Waals surface area contributed by atoms with Gasteiger partial charge in [-0.05, 0) is 37.0 Å². The molecule has 1 aromatic carbocycles. The topological polar surface area (TPSA) is 58.4 Å².